The molecule has 0 aliphatic carbocycles. The Labute approximate surface area is 160 Å². The molecular weight excluding hydrogens is 368 g/mol. The summed E-state index contributed by atoms with van der Waals surface area (Å²) in [6, 6.07) is 15.0. The number of nitrogens with zero attached hydrogens (tertiary/aromatic N) is 2. The van der Waals surface area contributed by atoms with Crippen LogP contribution < -0.4 is 15.0 Å². The van der Waals surface area contributed by atoms with Crippen molar-refractivity contribution in [3.8, 4) is 22.8 Å². The lowest BCUT2D eigenvalue weighted by atomic mass is 10.1. The number of carbonyl (C=O) groups excluding carboxylic acids is 1. The Kier molecular flexibility index (Phi) is 5.57. The predicted molar refractivity (Wildman–Crippen MR) is 103 cm³/mol. The van der Waals surface area contributed by atoms with E-state index in [0.29, 0.717) is 27.8 Å². The number of carbonyl (C=O) groups is 1. The molecule has 0 aliphatic heterocycles. The molecule has 0 amide bonds. The average Bonchev–Trinajstić information content (AvgIpc) is 2.69. The number of ether oxygens (including phenoxy) is 2. The van der Waals surface area contributed by atoms with Gasteiger partial charge in [0.2, 0.25) is 0 Å². The molecule has 0 saturated heterocycles. The molecule has 0 radical (unpaired) electrons. The molecule has 0 bridgehead atoms. The summed E-state index contributed by atoms with van der Waals surface area (Å²) in [5, 5.41) is 4.91. The van der Waals surface area contributed by atoms with E-state index in [1.165, 1.54) is 20.3 Å². The third-order valence-electron chi connectivity index (χ3n) is 4.01. The lowest BCUT2D eigenvalue weighted by molar-refractivity contribution is 0.0963. The third kappa shape index (κ3) is 4.17. The fourth-order valence-electron chi connectivity index (χ4n) is 2.59. The first-order valence-electron chi connectivity index (χ1n) is 8.11. The standard InChI is InChI=1S/C20H17ClN2O4/c1-26-15-7-8-16(19(11-15)27-2)18(24)12-23-20(25)10-9-17(22-23)13-3-5-14(21)6-4-13/h3-11H,12H2,1-2H3. The number of halogens is 1. The van der Waals surface area contributed by atoms with Crippen molar-refractivity contribution in [3.63, 3.8) is 0 Å². The van der Waals surface area contributed by atoms with Gasteiger partial charge in [0.05, 0.1) is 25.5 Å². The molecule has 3 aromatic rings. The van der Waals surface area contributed by atoms with Gasteiger partial charge in [0.1, 0.15) is 18.0 Å². The summed E-state index contributed by atoms with van der Waals surface area (Å²) in [5.74, 6) is 0.655. The number of ketones is 1. The summed E-state index contributed by atoms with van der Waals surface area (Å²) in [5.41, 5.74) is 1.35. The van der Waals surface area contributed by atoms with E-state index in [0.717, 1.165) is 10.2 Å². The highest BCUT2D eigenvalue weighted by Gasteiger charge is 2.15. The van der Waals surface area contributed by atoms with Crippen LogP contribution in [0, 0.1) is 0 Å². The first-order valence-corrected chi connectivity index (χ1v) is 8.49. The zero-order valence-corrected chi connectivity index (χ0v) is 15.6. The molecule has 0 saturated carbocycles. The van der Waals surface area contributed by atoms with Crippen molar-refractivity contribution in [2.24, 2.45) is 0 Å². The Morgan fingerprint density at radius 2 is 1.78 bits per heavy atom. The van der Waals surface area contributed by atoms with Crippen LogP contribution in [0.15, 0.2) is 59.4 Å². The largest absolute Gasteiger partial charge is 0.497 e. The summed E-state index contributed by atoms with van der Waals surface area (Å²) in [6.07, 6.45) is 0. The van der Waals surface area contributed by atoms with Crippen LogP contribution in [0.4, 0.5) is 0 Å². The molecule has 0 aliphatic rings. The highest BCUT2D eigenvalue weighted by atomic mass is 35.5. The molecule has 1 aromatic heterocycles. The third-order valence-corrected chi connectivity index (χ3v) is 4.26. The van der Waals surface area contributed by atoms with Crippen molar-refractivity contribution >= 4 is 17.4 Å². The molecule has 138 valence electrons. The molecule has 6 nitrogen and oxygen atoms in total. The summed E-state index contributed by atoms with van der Waals surface area (Å²) < 4.78 is 11.5. The summed E-state index contributed by atoms with van der Waals surface area (Å²) >= 11 is 5.90. The number of methoxy groups -OCH3 is 2. The maximum absolute atomic E-state index is 12.7. The van der Waals surface area contributed by atoms with Crippen molar-refractivity contribution < 1.29 is 14.3 Å². The highest BCUT2D eigenvalue weighted by Crippen LogP contribution is 2.25. The van der Waals surface area contributed by atoms with Crippen LogP contribution >= 0.6 is 11.6 Å². The monoisotopic (exact) mass is 384 g/mol. The van der Waals surface area contributed by atoms with Gasteiger partial charge in [-0.15, -0.1) is 0 Å². The zero-order chi connectivity index (χ0) is 19.4. The number of benzene rings is 2. The van der Waals surface area contributed by atoms with Crippen LogP contribution in [0.3, 0.4) is 0 Å². The van der Waals surface area contributed by atoms with E-state index in [9.17, 15) is 9.59 Å². The maximum Gasteiger partial charge on any atom is 0.267 e. The minimum atomic E-state index is -0.367. The van der Waals surface area contributed by atoms with Gasteiger partial charge in [-0.05, 0) is 30.3 Å². The molecular formula is C20H17ClN2O4. The Morgan fingerprint density at radius 3 is 2.44 bits per heavy atom. The van der Waals surface area contributed by atoms with Crippen LogP contribution in [0.1, 0.15) is 10.4 Å². The van der Waals surface area contributed by atoms with Crippen LogP contribution in [-0.4, -0.2) is 29.8 Å². The number of rotatable bonds is 6. The minimum absolute atomic E-state index is 0.205. The molecule has 27 heavy (non-hydrogen) atoms. The van der Waals surface area contributed by atoms with E-state index in [1.807, 2.05) is 0 Å². The molecule has 3 rings (SSSR count). The van der Waals surface area contributed by atoms with Gasteiger partial charge in [-0.1, -0.05) is 23.7 Å². The molecule has 0 N–H and O–H groups in total. The van der Waals surface area contributed by atoms with Crippen molar-refractivity contribution in [2.45, 2.75) is 6.54 Å². The average molecular weight is 385 g/mol. The second kappa shape index (κ2) is 8.05. The Bertz CT molecular complexity index is 1030. The van der Waals surface area contributed by atoms with Crippen molar-refractivity contribution in [1.82, 2.24) is 9.78 Å². The molecule has 2 aromatic carbocycles. The molecule has 0 spiro atoms. The second-order valence-corrected chi connectivity index (χ2v) is 6.15. The van der Waals surface area contributed by atoms with Crippen LogP contribution in [0.2, 0.25) is 5.02 Å². The van der Waals surface area contributed by atoms with Gasteiger partial charge < -0.3 is 9.47 Å². The van der Waals surface area contributed by atoms with Crippen molar-refractivity contribution in [3.05, 3.63) is 75.5 Å². The van der Waals surface area contributed by atoms with Crippen LogP contribution in [-0.2, 0) is 6.54 Å². The molecule has 0 fully saturated rings. The highest BCUT2D eigenvalue weighted by molar-refractivity contribution is 6.30. The molecule has 1 heterocycles. The number of hydrogen-bond donors (Lipinski definition) is 0. The van der Waals surface area contributed by atoms with Gasteiger partial charge in [-0.3, -0.25) is 9.59 Å². The lowest BCUT2D eigenvalue weighted by Crippen LogP contribution is -2.26. The number of aromatic nitrogens is 2. The molecule has 0 unspecified atom stereocenters. The van der Waals surface area contributed by atoms with Gasteiger partial charge in [0.25, 0.3) is 5.56 Å². The van der Waals surface area contributed by atoms with Gasteiger partial charge in [-0.2, -0.15) is 5.10 Å². The van der Waals surface area contributed by atoms with Crippen molar-refractivity contribution in [2.75, 3.05) is 14.2 Å². The first-order chi connectivity index (χ1) is 13.0. The first kappa shape index (κ1) is 18.7. The maximum atomic E-state index is 12.7. The smallest absolute Gasteiger partial charge is 0.267 e. The fourth-order valence-corrected chi connectivity index (χ4v) is 2.71. The fraction of sp³-hybridized carbons (Fsp3) is 0.150. The molecule has 0 atom stereocenters. The van der Waals surface area contributed by atoms with Crippen molar-refractivity contribution in [1.29, 1.82) is 0 Å². The van der Waals surface area contributed by atoms with Gasteiger partial charge in [-0.25, -0.2) is 4.68 Å². The number of Topliss-reactive ketones (excluding diaryl/α,β-unsaturated/α-hetero) is 1. The van der Waals surface area contributed by atoms with Crippen LogP contribution in [0.25, 0.3) is 11.3 Å². The van der Waals surface area contributed by atoms with E-state index in [1.54, 1.807) is 48.5 Å². The van der Waals surface area contributed by atoms with Gasteiger partial charge in [0, 0.05) is 22.7 Å². The van der Waals surface area contributed by atoms with E-state index >= 15 is 0 Å². The topological polar surface area (TPSA) is 70.4 Å². The second-order valence-electron chi connectivity index (χ2n) is 5.71. The van der Waals surface area contributed by atoms with Gasteiger partial charge in [0.15, 0.2) is 5.78 Å². The van der Waals surface area contributed by atoms with E-state index in [4.69, 9.17) is 21.1 Å². The van der Waals surface area contributed by atoms with E-state index in [-0.39, 0.29) is 17.9 Å². The predicted octanol–water partition coefficient (Wildman–Crippen LogP) is 3.46. The summed E-state index contributed by atoms with van der Waals surface area (Å²) in [7, 11) is 3.00. The SMILES string of the molecule is COc1ccc(C(=O)Cn2nc(-c3ccc(Cl)cc3)ccc2=O)c(OC)c1. The van der Waals surface area contributed by atoms with Gasteiger partial charge >= 0.3 is 0 Å². The zero-order valence-electron chi connectivity index (χ0n) is 14.8. The van der Waals surface area contributed by atoms with E-state index in [2.05, 4.69) is 5.10 Å². The Hall–Kier alpha value is -3.12. The number of hydrogen-bond acceptors (Lipinski definition) is 5. The quantitative estimate of drug-likeness (QED) is 0.609. The minimum Gasteiger partial charge on any atom is -0.497 e. The molecule has 7 heteroatoms. The van der Waals surface area contributed by atoms with E-state index < -0.39 is 0 Å². The summed E-state index contributed by atoms with van der Waals surface area (Å²) in [4.78, 5) is 24.9. The Morgan fingerprint density at radius 1 is 1.04 bits per heavy atom. The van der Waals surface area contributed by atoms with Crippen LogP contribution in [0.5, 0.6) is 11.5 Å². The normalized spacial score (nSPS) is 10.5. The summed E-state index contributed by atoms with van der Waals surface area (Å²) in [6.45, 7) is -0.205. The lowest BCUT2D eigenvalue weighted by Gasteiger charge is -2.11. The Balaban J connectivity index is 1.91.